The largest absolute Gasteiger partial charge is 0.394 e. The van der Waals surface area contributed by atoms with Gasteiger partial charge < -0.3 is 15.7 Å². The average Bonchev–Trinajstić information content (AvgIpc) is 3.14. The molecule has 1 saturated carbocycles. The Labute approximate surface area is 145 Å². The molecule has 1 aliphatic carbocycles. The minimum Gasteiger partial charge on any atom is -0.394 e. The fourth-order valence-electron chi connectivity index (χ4n) is 2.81. The summed E-state index contributed by atoms with van der Waals surface area (Å²) in [5, 5.41) is 27.9. The van der Waals surface area contributed by atoms with E-state index in [1.54, 1.807) is 4.52 Å². The molecule has 8 heteroatoms. The highest BCUT2D eigenvalue weighted by Gasteiger charge is 2.25. The van der Waals surface area contributed by atoms with E-state index in [9.17, 15) is 5.11 Å². The molecule has 0 spiro atoms. The normalized spacial score (nSPS) is 15.7. The number of aromatic amines is 1. The van der Waals surface area contributed by atoms with Crippen molar-refractivity contribution in [2.45, 2.75) is 38.6 Å². The number of hydrogen-bond donors (Lipinski definition) is 4. The van der Waals surface area contributed by atoms with Crippen LogP contribution in [0.3, 0.4) is 0 Å². The van der Waals surface area contributed by atoms with Crippen molar-refractivity contribution in [2.24, 2.45) is 5.92 Å². The number of H-pyrrole nitrogens is 1. The van der Waals surface area contributed by atoms with Gasteiger partial charge in [0.05, 0.1) is 12.6 Å². The lowest BCUT2D eigenvalue weighted by Crippen LogP contribution is -2.30. The number of nitrogens with zero attached hydrogens (tertiary/aromatic N) is 4. The van der Waals surface area contributed by atoms with Gasteiger partial charge in [-0.25, -0.2) is 4.52 Å². The van der Waals surface area contributed by atoms with Gasteiger partial charge in [0.15, 0.2) is 11.6 Å². The van der Waals surface area contributed by atoms with Crippen molar-refractivity contribution in [3.63, 3.8) is 0 Å². The summed E-state index contributed by atoms with van der Waals surface area (Å²) >= 11 is 0. The standard InChI is InChI=1S/C17H23N7O/c1-10(2)13(9-25)18-16-14-4-3-7-24(14)23-17(20-16)19-15-8-12(21-22-15)11-5-6-11/h3-4,7-8,10-11,13,25H,5-6,9H2,1-2H3,(H3,18,19,20,21,22,23)/t13-/m1/s1. The zero-order valence-electron chi connectivity index (χ0n) is 14.4. The van der Waals surface area contributed by atoms with Crippen molar-refractivity contribution in [1.29, 1.82) is 0 Å². The van der Waals surface area contributed by atoms with Gasteiger partial charge in [0, 0.05) is 23.9 Å². The van der Waals surface area contributed by atoms with Crippen molar-refractivity contribution in [3.05, 3.63) is 30.1 Å². The zero-order chi connectivity index (χ0) is 17.4. The van der Waals surface area contributed by atoms with Crippen LogP contribution in [0.1, 0.15) is 38.3 Å². The number of hydrogen-bond acceptors (Lipinski definition) is 6. The Morgan fingerprint density at radius 1 is 1.40 bits per heavy atom. The van der Waals surface area contributed by atoms with Gasteiger partial charge in [-0.05, 0) is 30.9 Å². The molecule has 0 unspecified atom stereocenters. The predicted molar refractivity (Wildman–Crippen MR) is 96.2 cm³/mol. The summed E-state index contributed by atoms with van der Waals surface area (Å²) in [6.45, 7) is 4.17. The van der Waals surface area contributed by atoms with Crippen molar-refractivity contribution in [2.75, 3.05) is 17.2 Å². The van der Waals surface area contributed by atoms with Crippen molar-refractivity contribution in [3.8, 4) is 0 Å². The zero-order valence-corrected chi connectivity index (χ0v) is 14.4. The molecule has 3 aromatic rings. The Morgan fingerprint density at radius 3 is 2.96 bits per heavy atom. The maximum absolute atomic E-state index is 9.60. The summed E-state index contributed by atoms with van der Waals surface area (Å²) in [6, 6.07) is 5.80. The van der Waals surface area contributed by atoms with E-state index in [2.05, 4.69) is 44.8 Å². The van der Waals surface area contributed by atoms with Gasteiger partial charge in [0.1, 0.15) is 5.52 Å². The summed E-state index contributed by atoms with van der Waals surface area (Å²) in [6.07, 6.45) is 4.31. The topological polar surface area (TPSA) is 103 Å². The first-order valence-electron chi connectivity index (χ1n) is 8.69. The summed E-state index contributed by atoms with van der Waals surface area (Å²) in [4.78, 5) is 4.59. The molecule has 1 aliphatic rings. The first-order valence-corrected chi connectivity index (χ1v) is 8.69. The van der Waals surface area contributed by atoms with Crippen LogP contribution < -0.4 is 10.6 Å². The number of aromatic nitrogens is 5. The average molecular weight is 341 g/mol. The quantitative estimate of drug-likeness (QED) is 0.526. The second kappa shape index (κ2) is 6.36. The summed E-state index contributed by atoms with van der Waals surface area (Å²) in [5.41, 5.74) is 2.02. The van der Waals surface area contributed by atoms with Crippen LogP contribution in [0.25, 0.3) is 5.52 Å². The maximum Gasteiger partial charge on any atom is 0.248 e. The molecule has 132 valence electrons. The van der Waals surface area contributed by atoms with Crippen LogP contribution in [0.5, 0.6) is 0 Å². The molecule has 0 bridgehead atoms. The number of anilines is 3. The van der Waals surface area contributed by atoms with Gasteiger partial charge in [-0.15, -0.1) is 5.10 Å². The molecule has 1 fully saturated rings. The van der Waals surface area contributed by atoms with Crippen molar-refractivity contribution >= 4 is 23.1 Å². The first kappa shape index (κ1) is 15.9. The second-order valence-corrected chi connectivity index (χ2v) is 6.91. The van der Waals surface area contributed by atoms with Gasteiger partial charge in [-0.2, -0.15) is 10.1 Å². The van der Waals surface area contributed by atoms with E-state index in [4.69, 9.17) is 0 Å². The summed E-state index contributed by atoms with van der Waals surface area (Å²) < 4.78 is 1.76. The highest BCUT2D eigenvalue weighted by atomic mass is 16.3. The molecule has 8 nitrogen and oxygen atoms in total. The molecule has 3 heterocycles. The van der Waals surface area contributed by atoms with Gasteiger partial charge in [0.25, 0.3) is 0 Å². The molecule has 0 aromatic carbocycles. The third-order valence-corrected chi connectivity index (χ3v) is 4.57. The van der Waals surface area contributed by atoms with E-state index < -0.39 is 0 Å². The molecule has 0 radical (unpaired) electrons. The number of rotatable bonds is 7. The lowest BCUT2D eigenvalue weighted by atomic mass is 10.1. The van der Waals surface area contributed by atoms with Crippen LogP contribution in [-0.2, 0) is 0 Å². The molecule has 0 amide bonds. The highest BCUT2D eigenvalue weighted by Crippen LogP contribution is 2.39. The maximum atomic E-state index is 9.60. The smallest absolute Gasteiger partial charge is 0.248 e. The lowest BCUT2D eigenvalue weighted by molar-refractivity contribution is 0.249. The van der Waals surface area contributed by atoms with Crippen LogP contribution in [-0.4, -0.2) is 42.6 Å². The number of nitrogens with one attached hydrogen (secondary N) is 3. The number of fused-ring (bicyclic) bond motifs is 1. The molecule has 25 heavy (non-hydrogen) atoms. The molecule has 0 saturated heterocycles. The van der Waals surface area contributed by atoms with E-state index in [1.807, 2.05) is 24.4 Å². The molecular weight excluding hydrogens is 318 g/mol. The third kappa shape index (κ3) is 3.30. The van der Waals surface area contributed by atoms with E-state index in [1.165, 1.54) is 12.8 Å². The van der Waals surface area contributed by atoms with Gasteiger partial charge in [0.2, 0.25) is 5.95 Å². The van der Waals surface area contributed by atoms with Gasteiger partial charge in [-0.1, -0.05) is 13.8 Å². The minimum absolute atomic E-state index is 0.0431. The Balaban J connectivity index is 1.62. The summed E-state index contributed by atoms with van der Waals surface area (Å²) in [5.74, 6) is 2.75. The Hall–Kier alpha value is -2.61. The van der Waals surface area contributed by atoms with E-state index in [0.29, 0.717) is 23.5 Å². The van der Waals surface area contributed by atoms with E-state index >= 15 is 0 Å². The molecule has 0 aliphatic heterocycles. The van der Waals surface area contributed by atoms with Crippen LogP contribution in [0.15, 0.2) is 24.4 Å². The van der Waals surface area contributed by atoms with E-state index in [-0.39, 0.29) is 18.6 Å². The van der Waals surface area contributed by atoms with E-state index in [0.717, 1.165) is 11.2 Å². The fourth-order valence-corrected chi connectivity index (χ4v) is 2.81. The van der Waals surface area contributed by atoms with Crippen LogP contribution in [0, 0.1) is 5.92 Å². The number of aliphatic hydroxyl groups excluding tert-OH is 1. The second-order valence-electron chi connectivity index (χ2n) is 6.91. The third-order valence-electron chi connectivity index (χ3n) is 4.57. The SMILES string of the molecule is CC(C)[C@@H](CO)Nc1nc(Nc2cc(C3CC3)[nH]n2)nn2cccc12. The Morgan fingerprint density at radius 2 is 2.24 bits per heavy atom. The van der Waals surface area contributed by atoms with Gasteiger partial charge >= 0.3 is 0 Å². The van der Waals surface area contributed by atoms with Crippen LogP contribution in [0.4, 0.5) is 17.6 Å². The molecular formula is C17H23N7O. The van der Waals surface area contributed by atoms with Crippen molar-refractivity contribution < 1.29 is 5.11 Å². The monoisotopic (exact) mass is 341 g/mol. The number of aliphatic hydroxyl groups is 1. The van der Waals surface area contributed by atoms with Crippen molar-refractivity contribution in [1.82, 2.24) is 24.8 Å². The summed E-state index contributed by atoms with van der Waals surface area (Å²) in [7, 11) is 0. The Kier molecular flexibility index (Phi) is 4.04. The predicted octanol–water partition coefficient (Wildman–Crippen LogP) is 2.50. The molecule has 1 atom stereocenters. The molecule has 4 N–H and O–H groups in total. The minimum atomic E-state index is -0.0756. The first-order chi connectivity index (χ1) is 12.1. The van der Waals surface area contributed by atoms with Crippen LogP contribution in [0.2, 0.25) is 0 Å². The fraction of sp³-hybridized carbons (Fsp3) is 0.471. The molecule has 3 aromatic heterocycles. The molecule has 4 rings (SSSR count). The van der Waals surface area contributed by atoms with Crippen LogP contribution >= 0.6 is 0 Å². The Bertz CT molecular complexity index is 865. The highest BCUT2D eigenvalue weighted by molar-refractivity contribution is 5.69. The van der Waals surface area contributed by atoms with Gasteiger partial charge in [-0.3, -0.25) is 5.10 Å². The lowest BCUT2D eigenvalue weighted by Gasteiger charge is -2.21.